The topological polar surface area (TPSA) is 76.0 Å². The molecule has 6 rings (SSSR count). The minimum absolute atomic E-state index is 0.00238. The third-order valence-electron chi connectivity index (χ3n) is 14.3. The van der Waals surface area contributed by atoms with E-state index in [4.69, 9.17) is 9.47 Å². The molecule has 0 radical (unpaired) electrons. The zero-order chi connectivity index (χ0) is 27.7. The standard InChI is InChI=1S/C33H52O5/c1-19-11-14-33(27(35)36)16-15-31(7)21(25(33)20(19)2)9-10-24-29(5)17-22-26(38-28(3,4)37-22)30(6,18-34)23(29)12-13-32(24,31)8/h9,19-20,22-26,34H,10-18H2,1-8H3,(H,35,36). The first-order valence-electron chi connectivity index (χ1n) is 15.5. The van der Waals surface area contributed by atoms with E-state index < -0.39 is 17.2 Å². The molecule has 5 heteroatoms. The quantitative estimate of drug-likeness (QED) is 0.384. The summed E-state index contributed by atoms with van der Waals surface area (Å²) in [6.07, 6.45) is 10.2. The van der Waals surface area contributed by atoms with Gasteiger partial charge in [0.25, 0.3) is 0 Å². The molecule has 0 bridgehead atoms. The maximum absolute atomic E-state index is 12.9. The van der Waals surface area contributed by atoms with E-state index in [0.29, 0.717) is 23.7 Å². The van der Waals surface area contributed by atoms with Crippen LogP contribution < -0.4 is 0 Å². The Labute approximate surface area is 230 Å². The van der Waals surface area contributed by atoms with Gasteiger partial charge in [-0.1, -0.05) is 53.2 Å². The molecule has 214 valence electrons. The van der Waals surface area contributed by atoms with Crippen LogP contribution in [0.25, 0.3) is 0 Å². The van der Waals surface area contributed by atoms with E-state index in [9.17, 15) is 15.0 Å². The Morgan fingerprint density at radius 3 is 2.34 bits per heavy atom. The number of hydrogen-bond donors (Lipinski definition) is 2. The molecule has 4 saturated carbocycles. The van der Waals surface area contributed by atoms with Gasteiger partial charge in [-0.15, -0.1) is 0 Å². The predicted molar refractivity (Wildman–Crippen MR) is 147 cm³/mol. The number of rotatable bonds is 2. The Kier molecular flexibility index (Phi) is 5.81. The second-order valence-electron chi connectivity index (χ2n) is 16.1. The minimum atomic E-state index is -0.623. The molecule has 0 aromatic heterocycles. The number of aliphatic carboxylic acids is 1. The van der Waals surface area contributed by atoms with Gasteiger partial charge in [0, 0.05) is 5.41 Å². The second kappa shape index (κ2) is 8.10. The van der Waals surface area contributed by atoms with E-state index in [2.05, 4.69) is 47.6 Å². The smallest absolute Gasteiger partial charge is 0.310 e. The van der Waals surface area contributed by atoms with E-state index >= 15 is 0 Å². The van der Waals surface area contributed by atoms with E-state index in [-0.39, 0.29) is 46.4 Å². The fourth-order valence-corrected chi connectivity index (χ4v) is 12.0. The van der Waals surface area contributed by atoms with Crippen LogP contribution in [-0.4, -0.2) is 40.8 Å². The van der Waals surface area contributed by atoms with Gasteiger partial charge in [-0.3, -0.25) is 4.79 Å². The number of ether oxygens (including phenoxy) is 2. The molecule has 5 fully saturated rings. The lowest BCUT2D eigenvalue weighted by Crippen LogP contribution is -2.68. The third kappa shape index (κ3) is 3.13. The Bertz CT molecular complexity index is 1050. The molecule has 12 unspecified atom stereocenters. The highest BCUT2D eigenvalue weighted by Gasteiger charge is 2.72. The SMILES string of the molecule is CC1CCC2(C(=O)O)CCC3(C)C(=CCC4C5(C)CC6OC(C)(C)OC6C(C)(CO)C5CCC43C)C2C1C. The van der Waals surface area contributed by atoms with Gasteiger partial charge in [0.05, 0.1) is 24.2 Å². The molecule has 1 heterocycles. The molecule has 5 aliphatic carbocycles. The molecule has 1 saturated heterocycles. The summed E-state index contributed by atoms with van der Waals surface area (Å²) in [6.45, 7) is 18.6. The minimum Gasteiger partial charge on any atom is -0.481 e. The average molecular weight is 529 g/mol. The maximum atomic E-state index is 12.9. The number of hydrogen-bond acceptors (Lipinski definition) is 4. The summed E-state index contributed by atoms with van der Waals surface area (Å²) in [5, 5.41) is 21.5. The first-order valence-corrected chi connectivity index (χ1v) is 15.5. The summed E-state index contributed by atoms with van der Waals surface area (Å²) >= 11 is 0. The number of carbonyl (C=O) groups is 1. The van der Waals surface area contributed by atoms with Crippen LogP contribution in [0.2, 0.25) is 0 Å². The van der Waals surface area contributed by atoms with E-state index in [1.807, 2.05) is 13.8 Å². The fourth-order valence-electron chi connectivity index (χ4n) is 12.0. The van der Waals surface area contributed by atoms with Gasteiger partial charge in [0.2, 0.25) is 0 Å². The normalized spacial score (nSPS) is 57.0. The van der Waals surface area contributed by atoms with Crippen molar-refractivity contribution in [3.05, 3.63) is 11.6 Å². The van der Waals surface area contributed by atoms with Gasteiger partial charge >= 0.3 is 5.97 Å². The maximum Gasteiger partial charge on any atom is 0.310 e. The first kappa shape index (κ1) is 27.3. The summed E-state index contributed by atoms with van der Waals surface area (Å²) < 4.78 is 13.0. The van der Waals surface area contributed by atoms with Crippen molar-refractivity contribution in [3.63, 3.8) is 0 Å². The van der Waals surface area contributed by atoms with E-state index in [0.717, 1.165) is 51.4 Å². The monoisotopic (exact) mass is 528 g/mol. The zero-order valence-corrected chi connectivity index (χ0v) is 25.1. The Morgan fingerprint density at radius 2 is 1.68 bits per heavy atom. The van der Waals surface area contributed by atoms with Gasteiger partial charge in [0.15, 0.2) is 5.79 Å². The van der Waals surface area contributed by atoms with Crippen LogP contribution in [0.3, 0.4) is 0 Å². The van der Waals surface area contributed by atoms with Gasteiger partial charge in [-0.25, -0.2) is 0 Å². The average Bonchev–Trinajstić information content (AvgIpc) is 3.15. The molecular weight excluding hydrogens is 476 g/mol. The zero-order valence-electron chi connectivity index (χ0n) is 25.1. The fraction of sp³-hybridized carbons (Fsp3) is 0.909. The predicted octanol–water partition coefficient (Wildman–Crippen LogP) is 6.83. The summed E-state index contributed by atoms with van der Waals surface area (Å²) in [5.41, 5.74) is 0.647. The Balaban J connectivity index is 1.45. The molecule has 0 spiro atoms. The number of aliphatic hydroxyl groups is 1. The Morgan fingerprint density at radius 1 is 0.974 bits per heavy atom. The highest BCUT2D eigenvalue weighted by Crippen LogP contribution is 2.76. The molecule has 0 aromatic carbocycles. The molecule has 1 aliphatic heterocycles. The van der Waals surface area contributed by atoms with Crippen molar-refractivity contribution in [2.45, 2.75) is 125 Å². The summed E-state index contributed by atoms with van der Waals surface area (Å²) in [5.74, 6) is 0.722. The number of carboxylic acid groups (broad SMARTS) is 1. The highest BCUT2D eigenvalue weighted by molar-refractivity contribution is 5.76. The first-order chi connectivity index (χ1) is 17.6. The van der Waals surface area contributed by atoms with Crippen molar-refractivity contribution in [2.24, 2.45) is 56.7 Å². The van der Waals surface area contributed by atoms with Crippen LogP contribution in [0.5, 0.6) is 0 Å². The van der Waals surface area contributed by atoms with Gasteiger partial charge in [0.1, 0.15) is 0 Å². The van der Waals surface area contributed by atoms with E-state index in [1.165, 1.54) is 5.57 Å². The lowest BCUT2D eigenvalue weighted by atomic mass is 9.33. The van der Waals surface area contributed by atoms with Crippen molar-refractivity contribution < 1.29 is 24.5 Å². The van der Waals surface area contributed by atoms with Crippen LogP contribution in [-0.2, 0) is 14.3 Å². The summed E-state index contributed by atoms with van der Waals surface area (Å²) in [7, 11) is 0. The Hall–Kier alpha value is -0.910. The summed E-state index contributed by atoms with van der Waals surface area (Å²) in [4.78, 5) is 12.9. The lowest BCUT2D eigenvalue weighted by Gasteiger charge is -2.71. The molecule has 12 atom stereocenters. The third-order valence-corrected chi connectivity index (χ3v) is 14.3. The molecular formula is C33H52O5. The number of carboxylic acids is 1. The largest absolute Gasteiger partial charge is 0.481 e. The van der Waals surface area contributed by atoms with Crippen molar-refractivity contribution in [1.29, 1.82) is 0 Å². The lowest BCUT2D eigenvalue weighted by molar-refractivity contribution is -0.225. The van der Waals surface area contributed by atoms with Gasteiger partial charge in [-0.05, 0) is 111 Å². The second-order valence-corrected chi connectivity index (χ2v) is 16.1. The number of fused-ring (bicyclic) bond motifs is 8. The molecule has 5 nitrogen and oxygen atoms in total. The molecule has 2 N–H and O–H groups in total. The van der Waals surface area contributed by atoms with Crippen LogP contribution in [0.15, 0.2) is 11.6 Å². The molecule has 6 aliphatic rings. The van der Waals surface area contributed by atoms with E-state index in [1.54, 1.807) is 0 Å². The van der Waals surface area contributed by atoms with Crippen molar-refractivity contribution in [2.75, 3.05) is 6.61 Å². The molecule has 38 heavy (non-hydrogen) atoms. The molecule has 0 amide bonds. The summed E-state index contributed by atoms with van der Waals surface area (Å²) in [6, 6.07) is 0. The van der Waals surface area contributed by atoms with Crippen LogP contribution in [0.4, 0.5) is 0 Å². The van der Waals surface area contributed by atoms with Crippen molar-refractivity contribution in [1.82, 2.24) is 0 Å². The highest BCUT2D eigenvalue weighted by atomic mass is 16.8. The van der Waals surface area contributed by atoms with Crippen LogP contribution in [0, 0.1) is 56.7 Å². The van der Waals surface area contributed by atoms with Gasteiger partial charge in [-0.2, -0.15) is 0 Å². The van der Waals surface area contributed by atoms with Crippen LogP contribution >= 0.6 is 0 Å². The molecule has 0 aromatic rings. The van der Waals surface area contributed by atoms with Gasteiger partial charge < -0.3 is 19.7 Å². The number of allylic oxidation sites excluding steroid dienone is 2. The van der Waals surface area contributed by atoms with Crippen molar-refractivity contribution >= 4 is 5.97 Å². The van der Waals surface area contributed by atoms with Crippen LogP contribution in [0.1, 0.15) is 107 Å². The number of aliphatic hydroxyl groups excluding tert-OH is 1. The van der Waals surface area contributed by atoms with Crippen molar-refractivity contribution in [3.8, 4) is 0 Å².